The molecule has 4 heteroatoms. The van der Waals surface area contributed by atoms with Crippen molar-refractivity contribution in [1.29, 1.82) is 0 Å². The van der Waals surface area contributed by atoms with Gasteiger partial charge in [0.15, 0.2) is 0 Å². The van der Waals surface area contributed by atoms with Crippen LogP contribution in [0.5, 0.6) is 0 Å². The van der Waals surface area contributed by atoms with E-state index < -0.39 is 0 Å². The Labute approximate surface area is 103 Å². The predicted octanol–water partition coefficient (Wildman–Crippen LogP) is 1.45. The SMILES string of the molecule is CCN(CC(C)CN)C(=O)c1ccnc(C)c1. The molecule has 1 amide bonds. The van der Waals surface area contributed by atoms with Crippen molar-refractivity contribution in [2.75, 3.05) is 19.6 Å². The number of carbonyl (C=O) groups is 1. The maximum Gasteiger partial charge on any atom is 0.253 e. The molecule has 1 aromatic heterocycles. The number of amides is 1. The Hall–Kier alpha value is -1.42. The summed E-state index contributed by atoms with van der Waals surface area (Å²) < 4.78 is 0. The summed E-state index contributed by atoms with van der Waals surface area (Å²) in [6.07, 6.45) is 1.67. The van der Waals surface area contributed by atoms with Crippen LogP contribution in [0, 0.1) is 12.8 Å². The topological polar surface area (TPSA) is 59.2 Å². The molecule has 4 nitrogen and oxygen atoms in total. The minimum atomic E-state index is 0.0540. The summed E-state index contributed by atoms with van der Waals surface area (Å²) in [5.41, 5.74) is 7.15. The second kappa shape index (κ2) is 6.35. The number of pyridine rings is 1. The molecular weight excluding hydrogens is 214 g/mol. The molecule has 1 aromatic rings. The highest BCUT2D eigenvalue weighted by atomic mass is 16.2. The summed E-state index contributed by atoms with van der Waals surface area (Å²) in [5.74, 6) is 0.375. The minimum Gasteiger partial charge on any atom is -0.339 e. The number of aromatic nitrogens is 1. The zero-order valence-corrected chi connectivity index (χ0v) is 10.8. The summed E-state index contributed by atoms with van der Waals surface area (Å²) in [4.78, 5) is 18.2. The summed E-state index contributed by atoms with van der Waals surface area (Å²) in [7, 11) is 0. The first-order valence-electron chi connectivity index (χ1n) is 6.00. The number of hydrogen-bond acceptors (Lipinski definition) is 3. The van der Waals surface area contributed by atoms with Crippen molar-refractivity contribution in [3.05, 3.63) is 29.6 Å². The maximum atomic E-state index is 12.2. The lowest BCUT2D eigenvalue weighted by molar-refractivity contribution is 0.0743. The molecule has 0 spiro atoms. The molecule has 1 heterocycles. The number of hydrogen-bond donors (Lipinski definition) is 1. The first-order chi connectivity index (χ1) is 8.08. The first-order valence-corrected chi connectivity index (χ1v) is 6.00. The van der Waals surface area contributed by atoms with Crippen molar-refractivity contribution in [3.63, 3.8) is 0 Å². The molecule has 2 N–H and O–H groups in total. The summed E-state index contributed by atoms with van der Waals surface area (Å²) in [6, 6.07) is 3.57. The van der Waals surface area contributed by atoms with Crippen molar-refractivity contribution >= 4 is 5.91 Å². The monoisotopic (exact) mass is 235 g/mol. The standard InChI is InChI=1S/C13H21N3O/c1-4-16(9-10(2)8-14)13(17)12-5-6-15-11(3)7-12/h5-7,10H,4,8-9,14H2,1-3H3. The average molecular weight is 235 g/mol. The van der Waals surface area contributed by atoms with Crippen LogP contribution in [0.25, 0.3) is 0 Å². The maximum absolute atomic E-state index is 12.2. The van der Waals surface area contributed by atoms with E-state index in [1.165, 1.54) is 0 Å². The van der Waals surface area contributed by atoms with E-state index in [-0.39, 0.29) is 5.91 Å². The third kappa shape index (κ3) is 3.82. The van der Waals surface area contributed by atoms with E-state index in [2.05, 4.69) is 4.98 Å². The van der Waals surface area contributed by atoms with Gasteiger partial charge in [0.1, 0.15) is 0 Å². The fraction of sp³-hybridized carbons (Fsp3) is 0.538. The van der Waals surface area contributed by atoms with Crippen LogP contribution in [0.4, 0.5) is 0 Å². The highest BCUT2D eigenvalue weighted by Crippen LogP contribution is 2.08. The Kier molecular flexibility index (Phi) is 5.10. The number of aryl methyl sites for hydroxylation is 1. The summed E-state index contributed by atoms with van der Waals surface area (Å²) in [5, 5.41) is 0. The normalized spacial score (nSPS) is 12.2. The Morgan fingerprint density at radius 1 is 1.59 bits per heavy atom. The molecule has 1 atom stereocenters. The molecular formula is C13H21N3O. The van der Waals surface area contributed by atoms with E-state index in [0.717, 1.165) is 5.69 Å². The molecule has 0 fully saturated rings. The van der Waals surface area contributed by atoms with Gasteiger partial charge in [-0.15, -0.1) is 0 Å². The highest BCUT2D eigenvalue weighted by Gasteiger charge is 2.16. The third-order valence-electron chi connectivity index (χ3n) is 2.75. The Bertz CT molecular complexity index is 379. The number of nitrogens with two attached hydrogens (primary N) is 1. The van der Waals surface area contributed by atoms with Crippen LogP contribution in [0.2, 0.25) is 0 Å². The van der Waals surface area contributed by atoms with Crippen LogP contribution in [-0.2, 0) is 0 Å². The van der Waals surface area contributed by atoms with Crippen molar-refractivity contribution in [2.45, 2.75) is 20.8 Å². The van der Waals surface area contributed by atoms with Gasteiger partial charge in [-0.1, -0.05) is 6.92 Å². The van der Waals surface area contributed by atoms with Gasteiger partial charge in [0, 0.05) is 30.5 Å². The molecule has 0 saturated heterocycles. The van der Waals surface area contributed by atoms with Crippen molar-refractivity contribution in [3.8, 4) is 0 Å². The Balaban J connectivity index is 2.79. The third-order valence-corrected chi connectivity index (χ3v) is 2.75. The molecule has 0 radical (unpaired) electrons. The fourth-order valence-electron chi connectivity index (χ4n) is 1.67. The molecule has 0 aliphatic heterocycles. The average Bonchev–Trinajstić information content (AvgIpc) is 2.34. The van der Waals surface area contributed by atoms with Gasteiger partial charge in [0.05, 0.1) is 0 Å². The Morgan fingerprint density at radius 2 is 2.29 bits per heavy atom. The van der Waals surface area contributed by atoms with Gasteiger partial charge in [0.2, 0.25) is 0 Å². The van der Waals surface area contributed by atoms with Crippen LogP contribution >= 0.6 is 0 Å². The first kappa shape index (κ1) is 13.6. The Morgan fingerprint density at radius 3 is 2.82 bits per heavy atom. The summed E-state index contributed by atoms with van der Waals surface area (Å²) in [6.45, 7) is 7.91. The molecule has 1 unspecified atom stereocenters. The molecule has 94 valence electrons. The molecule has 0 bridgehead atoms. The van der Waals surface area contributed by atoms with Gasteiger partial charge in [-0.3, -0.25) is 9.78 Å². The van der Waals surface area contributed by atoms with Crippen molar-refractivity contribution < 1.29 is 4.79 Å². The molecule has 1 rings (SSSR count). The number of nitrogens with zero attached hydrogens (tertiary/aromatic N) is 2. The van der Waals surface area contributed by atoms with Crippen LogP contribution in [0.15, 0.2) is 18.3 Å². The van der Waals surface area contributed by atoms with Gasteiger partial charge in [-0.2, -0.15) is 0 Å². The van der Waals surface area contributed by atoms with Crippen LogP contribution in [0.3, 0.4) is 0 Å². The van der Waals surface area contributed by atoms with E-state index in [0.29, 0.717) is 31.1 Å². The summed E-state index contributed by atoms with van der Waals surface area (Å²) >= 11 is 0. The zero-order valence-electron chi connectivity index (χ0n) is 10.8. The largest absolute Gasteiger partial charge is 0.339 e. The van der Waals surface area contributed by atoms with Gasteiger partial charge < -0.3 is 10.6 Å². The van der Waals surface area contributed by atoms with Crippen LogP contribution < -0.4 is 5.73 Å². The van der Waals surface area contributed by atoms with Crippen molar-refractivity contribution in [1.82, 2.24) is 9.88 Å². The second-order valence-electron chi connectivity index (χ2n) is 4.37. The lowest BCUT2D eigenvalue weighted by Crippen LogP contribution is -2.36. The van der Waals surface area contributed by atoms with Gasteiger partial charge >= 0.3 is 0 Å². The van der Waals surface area contributed by atoms with E-state index in [1.54, 1.807) is 12.3 Å². The van der Waals surface area contributed by atoms with Gasteiger partial charge in [-0.05, 0) is 38.4 Å². The van der Waals surface area contributed by atoms with Crippen LogP contribution in [0.1, 0.15) is 29.9 Å². The van der Waals surface area contributed by atoms with Crippen molar-refractivity contribution in [2.24, 2.45) is 11.7 Å². The molecule has 17 heavy (non-hydrogen) atoms. The van der Waals surface area contributed by atoms with E-state index in [4.69, 9.17) is 5.73 Å². The number of carbonyl (C=O) groups excluding carboxylic acids is 1. The predicted molar refractivity (Wildman–Crippen MR) is 68.8 cm³/mol. The number of rotatable bonds is 5. The van der Waals surface area contributed by atoms with E-state index in [1.807, 2.05) is 31.7 Å². The lowest BCUT2D eigenvalue weighted by atomic mass is 10.1. The highest BCUT2D eigenvalue weighted by molar-refractivity contribution is 5.94. The molecule has 0 saturated carbocycles. The van der Waals surface area contributed by atoms with Gasteiger partial charge in [-0.25, -0.2) is 0 Å². The second-order valence-corrected chi connectivity index (χ2v) is 4.37. The molecule has 0 aliphatic rings. The molecule has 0 aromatic carbocycles. The molecule has 0 aliphatic carbocycles. The van der Waals surface area contributed by atoms with Crippen LogP contribution in [-0.4, -0.2) is 35.4 Å². The zero-order chi connectivity index (χ0) is 12.8. The van der Waals surface area contributed by atoms with Gasteiger partial charge in [0.25, 0.3) is 5.91 Å². The van der Waals surface area contributed by atoms with E-state index in [9.17, 15) is 4.79 Å². The fourth-order valence-corrected chi connectivity index (χ4v) is 1.67. The smallest absolute Gasteiger partial charge is 0.253 e. The lowest BCUT2D eigenvalue weighted by Gasteiger charge is -2.24. The quantitative estimate of drug-likeness (QED) is 0.840. The minimum absolute atomic E-state index is 0.0540. The van der Waals surface area contributed by atoms with E-state index >= 15 is 0 Å².